The second kappa shape index (κ2) is 11.3. The lowest BCUT2D eigenvalue weighted by molar-refractivity contribution is 0.0936. The third-order valence-corrected chi connectivity index (χ3v) is 7.33. The lowest BCUT2D eigenvalue weighted by Crippen LogP contribution is -2.44. The number of hydrogen-bond donors (Lipinski definition) is 5. The Morgan fingerprint density at radius 3 is 2.31 bits per heavy atom. The molecule has 3 amide bonds. The zero-order chi connectivity index (χ0) is 29.2. The number of carbonyl (C=O) groups excluding carboxylic acids is 3. The SMILES string of the molecule is COc1cc(OC)cc(C(=O)NNC(=O)Nc2cccc3c2C(=O)c2c-3n[nH]c2-c2ccc(N3CCNCC3)cc2)c1. The number of H-pyrrole nitrogens is 1. The third kappa shape index (κ3) is 4.99. The highest BCUT2D eigenvalue weighted by Crippen LogP contribution is 2.43. The molecule has 1 aliphatic carbocycles. The number of rotatable bonds is 6. The molecule has 3 aromatic carbocycles. The second-order valence-corrected chi connectivity index (χ2v) is 9.80. The van der Waals surface area contributed by atoms with Crippen LogP contribution < -0.4 is 35.9 Å². The summed E-state index contributed by atoms with van der Waals surface area (Å²) in [6.45, 7) is 3.77. The first-order valence-electron chi connectivity index (χ1n) is 13.4. The number of urea groups is 1. The molecule has 1 aromatic heterocycles. The van der Waals surface area contributed by atoms with E-state index < -0.39 is 11.9 Å². The summed E-state index contributed by atoms with van der Waals surface area (Å²) in [6, 6.07) is 17.1. The van der Waals surface area contributed by atoms with E-state index in [2.05, 4.69) is 36.6 Å². The Labute approximate surface area is 241 Å². The van der Waals surface area contributed by atoms with Crippen LogP contribution >= 0.6 is 0 Å². The number of hydrazine groups is 1. The van der Waals surface area contributed by atoms with Gasteiger partial charge >= 0.3 is 6.03 Å². The molecule has 1 saturated heterocycles. The molecule has 2 aliphatic rings. The predicted octanol–water partition coefficient (Wildman–Crippen LogP) is 3.18. The number of amides is 3. The van der Waals surface area contributed by atoms with E-state index in [0.29, 0.717) is 45.3 Å². The molecule has 6 rings (SSSR count). The number of fused-ring (bicyclic) bond motifs is 3. The largest absolute Gasteiger partial charge is 0.497 e. The number of methoxy groups -OCH3 is 2. The van der Waals surface area contributed by atoms with Crippen LogP contribution in [-0.4, -0.2) is 68.3 Å². The summed E-state index contributed by atoms with van der Waals surface area (Å²) >= 11 is 0. The van der Waals surface area contributed by atoms with Gasteiger partial charge in [-0.15, -0.1) is 0 Å². The van der Waals surface area contributed by atoms with E-state index in [0.717, 1.165) is 37.4 Å². The quantitative estimate of drug-likeness (QED) is 0.197. The van der Waals surface area contributed by atoms with Crippen molar-refractivity contribution < 1.29 is 23.9 Å². The van der Waals surface area contributed by atoms with E-state index >= 15 is 0 Å². The van der Waals surface area contributed by atoms with Crippen LogP contribution in [0.15, 0.2) is 60.7 Å². The molecule has 0 unspecified atom stereocenters. The van der Waals surface area contributed by atoms with Gasteiger partial charge < -0.3 is 25.0 Å². The Morgan fingerprint density at radius 2 is 1.62 bits per heavy atom. The minimum absolute atomic E-state index is 0.223. The van der Waals surface area contributed by atoms with Gasteiger partial charge in [0, 0.05) is 54.6 Å². The second-order valence-electron chi connectivity index (χ2n) is 9.80. The van der Waals surface area contributed by atoms with Crippen molar-refractivity contribution in [3.05, 3.63) is 77.4 Å². The van der Waals surface area contributed by atoms with E-state index in [1.54, 1.807) is 24.3 Å². The summed E-state index contributed by atoms with van der Waals surface area (Å²) in [5.41, 5.74) is 9.71. The molecular formula is C30H29N7O5. The number of ketones is 1. The Hall–Kier alpha value is -5.36. The van der Waals surface area contributed by atoms with E-state index in [1.807, 2.05) is 24.3 Å². The Kier molecular flexibility index (Phi) is 7.19. The maximum atomic E-state index is 13.7. The number of aromatic amines is 1. The minimum Gasteiger partial charge on any atom is -0.497 e. The smallest absolute Gasteiger partial charge is 0.337 e. The van der Waals surface area contributed by atoms with Crippen molar-refractivity contribution in [2.24, 2.45) is 0 Å². The summed E-state index contributed by atoms with van der Waals surface area (Å²) < 4.78 is 10.4. The lowest BCUT2D eigenvalue weighted by atomic mass is 10.0. The van der Waals surface area contributed by atoms with Gasteiger partial charge in [0.25, 0.3) is 5.91 Å². The van der Waals surface area contributed by atoms with Crippen molar-refractivity contribution in [2.75, 3.05) is 50.6 Å². The number of carbonyl (C=O) groups is 3. The average molecular weight is 568 g/mol. The van der Waals surface area contributed by atoms with Crippen molar-refractivity contribution in [1.82, 2.24) is 26.4 Å². The highest BCUT2D eigenvalue weighted by Gasteiger charge is 2.35. The third-order valence-electron chi connectivity index (χ3n) is 7.33. The summed E-state index contributed by atoms with van der Waals surface area (Å²) in [4.78, 5) is 41.4. The fraction of sp³-hybridized carbons (Fsp3) is 0.200. The topological polar surface area (TPSA) is 150 Å². The monoisotopic (exact) mass is 567 g/mol. The van der Waals surface area contributed by atoms with Gasteiger partial charge in [-0.2, -0.15) is 5.10 Å². The van der Waals surface area contributed by atoms with Gasteiger partial charge in [0.2, 0.25) is 0 Å². The van der Waals surface area contributed by atoms with E-state index in [4.69, 9.17) is 9.47 Å². The molecule has 5 N–H and O–H groups in total. The highest BCUT2D eigenvalue weighted by molar-refractivity contribution is 6.27. The van der Waals surface area contributed by atoms with Gasteiger partial charge in [-0.05, 0) is 30.3 Å². The fourth-order valence-electron chi connectivity index (χ4n) is 5.23. The number of nitrogens with one attached hydrogen (secondary N) is 5. The van der Waals surface area contributed by atoms with Crippen LogP contribution in [0.1, 0.15) is 26.3 Å². The number of hydrogen-bond acceptors (Lipinski definition) is 8. The molecule has 0 atom stereocenters. The molecular weight excluding hydrogens is 538 g/mol. The molecule has 12 heteroatoms. The Balaban J connectivity index is 1.17. The van der Waals surface area contributed by atoms with Crippen molar-refractivity contribution in [1.29, 1.82) is 0 Å². The van der Waals surface area contributed by atoms with Crippen molar-refractivity contribution in [3.8, 4) is 34.0 Å². The number of piperazine rings is 1. The molecule has 0 bridgehead atoms. The summed E-state index contributed by atoms with van der Waals surface area (Å²) in [6.07, 6.45) is 0. The first kappa shape index (κ1) is 26.8. The number of benzene rings is 3. The minimum atomic E-state index is -0.728. The number of nitrogens with zero attached hydrogens (tertiary/aromatic N) is 2. The summed E-state index contributed by atoms with van der Waals surface area (Å²) in [7, 11) is 2.95. The van der Waals surface area contributed by atoms with Crippen LogP contribution in [0.25, 0.3) is 22.5 Å². The molecule has 0 spiro atoms. The fourth-order valence-corrected chi connectivity index (χ4v) is 5.23. The Morgan fingerprint density at radius 1 is 0.905 bits per heavy atom. The molecule has 0 radical (unpaired) electrons. The molecule has 42 heavy (non-hydrogen) atoms. The molecule has 12 nitrogen and oxygen atoms in total. The van der Waals surface area contributed by atoms with Gasteiger partial charge in [-0.3, -0.25) is 20.1 Å². The standard InChI is InChI=1S/C30H29N7O5/c1-41-20-14-18(15-21(16-20)42-2)29(39)35-36-30(40)32-23-5-3-4-22-24(23)28(38)25-26(33-34-27(22)25)17-6-8-19(9-7-17)37-12-10-31-11-13-37/h3-9,14-16,31H,10-13H2,1-2H3,(H,33,34)(H,35,39)(H2,32,36,40). The zero-order valence-corrected chi connectivity index (χ0v) is 23.0. The van der Waals surface area contributed by atoms with Gasteiger partial charge in [-0.1, -0.05) is 24.3 Å². The van der Waals surface area contributed by atoms with Gasteiger partial charge in [0.05, 0.1) is 36.7 Å². The highest BCUT2D eigenvalue weighted by atomic mass is 16.5. The summed E-state index contributed by atoms with van der Waals surface area (Å²) in [5.74, 6) is 0.0201. The lowest BCUT2D eigenvalue weighted by Gasteiger charge is -2.29. The molecule has 1 fully saturated rings. The molecule has 1 aliphatic heterocycles. The first-order chi connectivity index (χ1) is 20.5. The van der Waals surface area contributed by atoms with Crippen LogP contribution in [0, 0.1) is 0 Å². The molecule has 0 saturated carbocycles. The predicted molar refractivity (Wildman–Crippen MR) is 157 cm³/mol. The van der Waals surface area contributed by atoms with Crippen LogP contribution in [0.2, 0.25) is 0 Å². The number of aromatic nitrogens is 2. The van der Waals surface area contributed by atoms with Crippen LogP contribution in [0.5, 0.6) is 11.5 Å². The van der Waals surface area contributed by atoms with Crippen LogP contribution in [-0.2, 0) is 0 Å². The Bertz CT molecular complexity index is 1650. The van der Waals surface area contributed by atoms with E-state index in [-0.39, 0.29) is 11.3 Å². The van der Waals surface area contributed by atoms with Crippen LogP contribution in [0.3, 0.4) is 0 Å². The van der Waals surface area contributed by atoms with Crippen LogP contribution in [0.4, 0.5) is 16.2 Å². The van der Waals surface area contributed by atoms with Gasteiger partial charge in [0.1, 0.15) is 17.2 Å². The maximum absolute atomic E-state index is 13.7. The number of ether oxygens (including phenoxy) is 2. The van der Waals surface area contributed by atoms with E-state index in [1.165, 1.54) is 26.4 Å². The normalized spacial score (nSPS) is 13.7. The summed E-state index contributed by atoms with van der Waals surface area (Å²) in [5, 5.41) is 13.5. The maximum Gasteiger partial charge on any atom is 0.337 e. The molecule has 2 heterocycles. The number of anilines is 2. The molecule has 214 valence electrons. The van der Waals surface area contributed by atoms with E-state index in [9.17, 15) is 14.4 Å². The van der Waals surface area contributed by atoms with Gasteiger partial charge in [-0.25, -0.2) is 10.2 Å². The molecule has 4 aromatic rings. The van der Waals surface area contributed by atoms with Crippen molar-refractivity contribution in [2.45, 2.75) is 0 Å². The van der Waals surface area contributed by atoms with Crippen molar-refractivity contribution in [3.63, 3.8) is 0 Å². The average Bonchev–Trinajstić information content (AvgIpc) is 3.60. The first-order valence-corrected chi connectivity index (χ1v) is 13.4. The van der Waals surface area contributed by atoms with Crippen molar-refractivity contribution >= 4 is 29.1 Å². The van der Waals surface area contributed by atoms with Gasteiger partial charge in [0.15, 0.2) is 5.78 Å². The zero-order valence-electron chi connectivity index (χ0n) is 23.0.